The van der Waals surface area contributed by atoms with Crippen molar-refractivity contribution in [2.45, 2.75) is 45.4 Å². The summed E-state index contributed by atoms with van der Waals surface area (Å²) in [7, 11) is 0. The maximum atomic E-state index is 12.6. The van der Waals surface area contributed by atoms with Gasteiger partial charge in [0.15, 0.2) is 6.61 Å². The van der Waals surface area contributed by atoms with Gasteiger partial charge in [0.1, 0.15) is 5.75 Å². The number of hydrogen-bond acceptors (Lipinski definition) is 6. The van der Waals surface area contributed by atoms with Crippen LogP contribution in [-0.4, -0.2) is 34.7 Å². The highest BCUT2D eigenvalue weighted by atomic mass is 35.5. The summed E-state index contributed by atoms with van der Waals surface area (Å²) in [4.78, 5) is 16.7. The van der Waals surface area contributed by atoms with Gasteiger partial charge >= 0.3 is 0 Å². The molecule has 2 atom stereocenters. The van der Waals surface area contributed by atoms with Crippen molar-refractivity contribution in [1.82, 2.24) is 20.8 Å². The fraction of sp³-hybridized carbons (Fsp3) is 0.471. The number of halogens is 1. The Hall–Kier alpha value is -2.12. The molecule has 2 aromatic rings. The first-order chi connectivity index (χ1) is 11.6. The Balaban J connectivity index is 0.00000225. The molecule has 1 aliphatic rings. The summed E-state index contributed by atoms with van der Waals surface area (Å²) in [5.41, 5.74) is 0.518. The molecule has 2 unspecified atom stereocenters. The Kier molecular flexibility index (Phi) is 6.78. The molecular weight excluding hydrogens is 344 g/mol. The van der Waals surface area contributed by atoms with Crippen molar-refractivity contribution in [3.05, 3.63) is 41.5 Å². The zero-order chi connectivity index (χ0) is 16.9. The van der Waals surface area contributed by atoms with Crippen molar-refractivity contribution in [2.75, 3.05) is 6.54 Å². The molecule has 136 valence electrons. The third-order valence-electron chi connectivity index (χ3n) is 4.02. The topological polar surface area (TPSA) is 89.3 Å². The number of hydrogen-bond donors (Lipinski definition) is 2. The lowest BCUT2D eigenvalue weighted by molar-refractivity contribution is 0.0921. The quantitative estimate of drug-likeness (QED) is 0.843. The number of nitrogens with zero attached hydrogens (tertiary/aromatic N) is 2. The van der Waals surface area contributed by atoms with E-state index in [0.29, 0.717) is 29.1 Å². The van der Waals surface area contributed by atoms with Gasteiger partial charge < -0.3 is 19.9 Å². The van der Waals surface area contributed by atoms with Gasteiger partial charge in [-0.1, -0.05) is 17.3 Å². The predicted octanol–water partition coefficient (Wildman–Crippen LogP) is 2.25. The van der Waals surface area contributed by atoms with E-state index in [2.05, 4.69) is 27.7 Å². The van der Waals surface area contributed by atoms with Gasteiger partial charge in [-0.2, -0.15) is 4.98 Å². The highest BCUT2D eigenvalue weighted by molar-refractivity contribution is 5.97. The van der Waals surface area contributed by atoms with Gasteiger partial charge in [-0.3, -0.25) is 4.79 Å². The number of ether oxygens (including phenoxy) is 1. The minimum atomic E-state index is -0.117. The first-order valence-electron chi connectivity index (χ1n) is 8.17. The van der Waals surface area contributed by atoms with E-state index in [1.807, 2.05) is 12.1 Å². The molecule has 2 N–H and O–H groups in total. The minimum Gasteiger partial charge on any atom is -0.485 e. The molecule has 1 amide bonds. The molecule has 25 heavy (non-hydrogen) atoms. The number of benzene rings is 1. The summed E-state index contributed by atoms with van der Waals surface area (Å²) in [6, 6.07) is 7.79. The lowest BCUT2D eigenvalue weighted by Crippen LogP contribution is -2.46. The number of carbonyl (C=O) groups is 1. The largest absolute Gasteiger partial charge is 0.485 e. The summed E-state index contributed by atoms with van der Waals surface area (Å²) in [6.45, 7) is 4.92. The molecule has 8 heteroatoms. The number of amides is 1. The number of rotatable bonds is 5. The van der Waals surface area contributed by atoms with Crippen LogP contribution in [0.15, 0.2) is 28.8 Å². The lowest BCUT2D eigenvalue weighted by atomic mass is 10.00. The molecule has 0 aliphatic carbocycles. The molecule has 1 aliphatic heterocycles. The third-order valence-corrected chi connectivity index (χ3v) is 4.02. The monoisotopic (exact) mass is 366 g/mol. The Labute approximate surface area is 152 Å². The molecule has 3 rings (SSSR count). The number of piperidine rings is 1. The summed E-state index contributed by atoms with van der Waals surface area (Å²) in [5, 5.41) is 10.3. The van der Waals surface area contributed by atoms with Crippen molar-refractivity contribution in [1.29, 1.82) is 0 Å². The van der Waals surface area contributed by atoms with Crippen LogP contribution in [-0.2, 0) is 6.61 Å². The molecule has 0 radical (unpaired) electrons. The Morgan fingerprint density at radius 2 is 2.24 bits per heavy atom. The average molecular weight is 367 g/mol. The fourth-order valence-corrected chi connectivity index (χ4v) is 2.85. The van der Waals surface area contributed by atoms with Gasteiger partial charge in [0.25, 0.3) is 5.91 Å². The van der Waals surface area contributed by atoms with Crippen molar-refractivity contribution in [3.8, 4) is 5.75 Å². The van der Waals surface area contributed by atoms with Gasteiger partial charge in [0.2, 0.25) is 11.7 Å². The molecule has 1 aromatic heterocycles. The third kappa shape index (κ3) is 5.17. The van der Waals surface area contributed by atoms with Crippen LogP contribution in [0.5, 0.6) is 5.75 Å². The number of carbonyl (C=O) groups excluding carboxylic acids is 1. The van der Waals surface area contributed by atoms with Crippen LogP contribution < -0.4 is 15.4 Å². The second-order valence-corrected chi connectivity index (χ2v) is 6.06. The van der Waals surface area contributed by atoms with Crippen molar-refractivity contribution >= 4 is 18.3 Å². The fourth-order valence-electron chi connectivity index (χ4n) is 2.85. The summed E-state index contributed by atoms with van der Waals surface area (Å²) < 4.78 is 10.6. The van der Waals surface area contributed by atoms with Crippen LogP contribution in [0.2, 0.25) is 0 Å². The van der Waals surface area contributed by atoms with Crippen LogP contribution in [0.4, 0.5) is 0 Å². The van der Waals surface area contributed by atoms with Gasteiger partial charge in [-0.05, 0) is 38.4 Å². The SMILES string of the molecule is Cc1nc(COc2ccccc2C(=O)NC2CCNC(C)C2)no1.Cl. The summed E-state index contributed by atoms with van der Waals surface area (Å²) in [6.07, 6.45) is 1.86. The molecule has 0 bridgehead atoms. The van der Waals surface area contributed by atoms with E-state index in [1.165, 1.54) is 0 Å². The maximum Gasteiger partial charge on any atom is 0.255 e. The zero-order valence-electron chi connectivity index (χ0n) is 14.3. The molecule has 2 heterocycles. The highest BCUT2D eigenvalue weighted by Gasteiger charge is 2.22. The maximum absolute atomic E-state index is 12.6. The number of aryl methyl sites for hydroxylation is 1. The van der Waals surface area contributed by atoms with Gasteiger partial charge in [0, 0.05) is 19.0 Å². The lowest BCUT2D eigenvalue weighted by Gasteiger charge is -2.28. The normalized spacial score (nSPS) is 19.8. The first-order valence-corrected chi connectivity index (χ1v) is 8.17. The Morgan fingerprint density at radius 3 is 2.96 bits per heavy atom. The molecule has 0 saturated carbocycles. The van der Waals surface area contributed by atoms with E-state index in [0.717, 1.165) is 19.4 Å². The van der Waals surface area contributed by atoms with Crippen molar-refractivity contribution < 1.29 is 14.1 Å². The second-order valence-electron chi connectivity index (χ2n) is 6.06. The van der Waals surface area contributed by atoms with E-state index >= 15 is 0 Å². The molecule has 0 spiro atoms. The van der Waals surface area contributed by atoms with E-state index in [-0.39, 0.29) is 31.0 Å². The van der Waals surface area contributed by atoms with Crippen LogP contribution in [0, 0.1) is 6.92 Å². The van der Waals surface area contributed by atoms with E-state index in [4.69, 9.17) is 9.26 Å². The Morgan fingerprint density at radius 1 is 1.44 bits per heavy atom. The average Bonchev–Trinajstić information content (AvgIpc) is 2.99. The number of nitrogens with one attached hydrogen (secondary N) is 2. The van der Waals surface area contributed by atoms with Crippen LogP contribution >= 0.6 is 12.4 Å². The van der Waals surface area contributed by atoms with Crippen LogP contribution in [0.1, 0.15) is 41.8 Å². The molecule has 1 aromatic carbocycles. The number of aromatic nitrogens is 2. The van der Waals surface area contributed by atoms with E-state index < -0.39 is 0 Å². The molecular formula is C17H23ClN4O3. The van der Waals surface area contributed by atoms with Gasteiger partial charge in [-0.15, -0.1) is 12.4 Å². The first kappa shape index (κ1) is 19.2. The van der Waals surface area contributed by atoms with Crippen molar-refractivity contribution in [3.63, 3.8) is 0 Å². The van der Waals surface area contributed by atoms with Crippen molar-refractivity contribution in [2.24, 2.45) is 0 Å². The predicted molar refractivity (Wildman–Crippen MR) is 95.0 cm³/mol. The second kappa shape index (κ2) is 8.82. The molecule has 7 nitrogen and oxygen atoms in total. The standard InChI is InChI=1S/C17H22N4O3.ClH/c1-11-9-13(7-8-18-11)20-17(22)14-5-3-4-6-15(14)23-10-16-19-12(2)24-21-16;/h3-6,11,13,18H,7-10H2,1-2H3,(H,20,22);1H. The summed E-state index contributed by atoms with van der Waals surface area (Å²) in [5.74, 6) is 1.34. The summed E-state index contributed by atoms with van der Waals surface area (Å²) >= 11 is 0. The van der Waals surface area contributed by atoms with Gasteiger partial charge in [0.05, 0.1) is 5.56 Å². The van der Waals surface area contributed by atoms with E-state index in [9.17, 15) is 4.79 Å². The Bertz CT molecular complexity index is 707. The van der Waals surface area contributed by atoms with Crippen LogP contribution in [0.25, 0.3) is 0 Å². The van der Waals surface area contributed by atoms with Gasteiger partial charge in [-0.25, -0.2) is 0 Å². The molecule has 1 saturated heterocycles. The zero-order valence-corrected chi connectivity index (χ0v) is 15.1. The van der Waals surface area contributed by atoms with E-state index in [1.54, 1.807) is 19.1 Å². The number of para-hydroxylation sites is 1. The highest BCUT2D eigenvalue weighted by Crippen LogP contribution is 2.20. The minimum absolute atomic E-state index is 0. The smallest absolute Gasteiger partial charge is 0.255 e. The molecule has 1 fully saturated rings. The van der Waals surface area contributed by atoms with Crippen LogP contribution in [0.3, 0.4) is 0 Å².